The van der Waals surface area contributed by atoms with Crippen LogP contribution in [-0.4, -0.2) is 49.6 Å². The lowest BCUT2D eigenvalue weighted by Crippen LogP contribution is -2.39. The first-order valence-electron chi connectivity index (χ1n) is 5.67. The minimum Gasteiger partial charge on any atom is -0.383 e. The third kappa shape index (κ3) is 6.80. The molecule has 0 aliphatic rings. The van der Waals surface area contributed by atoms with E-state index in [1.54, 1.807) is 18.8 Å². The van der Waals surface area contributed by atoms with E-state index in [0.717, 1.165) is 25.5 Å². The first kappa shape index (κ1) is 17.2. The van der Waals surface area contributed by atoms with Gasteiger partial charge in [-0.25, -0.2) is 0 Å². The maximum Gasteiger partial charge on any atom is 0.191 e. The van der Waals surface area contributed by atoms with Crippen LogP contribution in [0.1, 0.15) is 5.56 Å². The zero-order valence-electron chi connectivity index (χ0n) is 11.1. The molecule has 0 bridgehead atoms. The Morgan fingerprint density at radius 1 is 1.44 bits per heavy atom. The molecule has 0 saturated heterocycles. The largest absolute Gasteiger partial charge is 0.383 e. The number of aliphatic imine (C=N–C) groups is 1. The van der Waals surface area contributed by atoms with E-state index < -0.39 is 0 Å². The van der Waals surface area contributed by atoms with E-state index in [9.17, 15) is 0 Å². The molecule has 0 aromatic carbocycles. The summed E-state index contributed by atoms with van der Waals surface area (Å²) in [4.78, 5) is 4.11. The topological polar surface area (TPSA) is 63.5 Å². The molecule has 0 saturated carbocycles. The maximum atomic E-state index is 4.96. The fraction of sp³-hybridized carbons (Fsp3) is 0.636. The second kappa shape index (κ2) is 10.1. The van der Waals surface area contributed by atoms with Crippen molar-refractivity contribution in [1.82, 2.24) is 20.4 Å². The van der Waals surface area contributed by atoms with E-state index in [0.29, 0.717) is 6.61 Å². The molecular formula is C11H22IN5O. The van der Waals surface area contributed by atoms with Crippen molar-refractivity contribution < 1.29 is 4.74 Å². The van der Waals surface area contributed by atoms with Crippen molar-refractivity contribution in [2.75, 3.05) is 33.9 Å². The second-order valence-corrected chi connectivity index (χ2v) is 3.69. The van der Waals surface area contributed by atoms with Gasteiger partial charge in [0, 0.05) is 40.5 Å². The van der Waals surface area contributed by atoms with Crippen molar-refractivity contribution in [2.24, 2.45) is 12.0 Å². The fourth-order valence-corrected chi connectivity index (χ4v) is 1.42. The Morgan fingerprint density at radius 3 is 2.72 bits per heavy atom. The van der Waals surface area contributed by atoms with Crippen LogP contribution in [-0.2, 0) is 18.2 Å². The Balaban J connectivity index is 0.00000289. The fourth-order valence-electron chi connectivity index (χ4n) is 1.42. The summed E-state index contributed by atoms with van der Waals surface area (Å²) in [5.74, 6) is 0.797. The van der Waals surface area contributed by atoms with E-state index in [1.807, 2.05) is 19.4 Å². The van der Waals surface area contributed by atoms with Gasteiger partial charge in [0.25, 0.3) is 0 Å². The summed E-state index contributed by atoms with van der Waals surface area (Å²) in [5.41, 5.74) is 1.22. The number of methoxy groups -OCH3 is 1. The molecular weight excluding hydrogens is 345 g/mol. The zero-order chi connectivity index (χ0) is 12.5. The average Bonchev–Trinajstić information content (AvgIpc) is 2.73. The maximum absolute atomic E-state index is 4.96. The van der Waals surface area contributed by atoms with E-state index in [1.165, 1.54) is 5.56 Å². The van der Waals surface area contributed by atoms with Crippen LogP contribution in [0.4, 0.5) is 0 Å². The van der Waals surface area contributed by atoms with Gasteiger partial charge in [-0.05, 0) is 12.0 Å². The number of ether oxygens (including phenoxy) is 1. The van der Waals surface area contributed by atoms with E-state index in [4.69, 9.17) is 4.74 Å². The number of guanidine groups is 1. The number of aromatic nitrogens is 2. The third-order valence-electron chi connectivity index (χ3n) is 2.29. The third-order valence-corrected chi connectivity index (χ3v) is 2.29. The SMILES string of the molecule is CN=C(NCCOC)NCCc1cnn(C)c1.I. The molecule has 0 amide bonds. The van der Waals surface area contributed by atoms with Crippen LogP contribution in [0.3, 0.4) is 0 Å². The summed E-state index contributed by atoms with van der Waals surface area (Å²) >= 11 is 0. The molecule has 0 aliphatic heterocycles. The predicted octanol–water partition coefficient (Wildman–Crippen LogP) is 0.392. The van der Waals surface area contributed by atoms with Crippen molar-refractivity contribution in [3.05, 3.63) is 18.0 Å². The van der Waals surface area contributed by atoms with Crippen molar-refractivity contribution >= 4 is 29.9 Å². The van der Waals surface area contributed by atoms with Crippen molar-refractivity contribution in [1.29, 1.82) is 0 Å². The number of rotatable bonds is 6. The van der Waals surface area contributed by atoms with Gasteiger partial charge >= 0.3 is 0 Å². The molecule has 6 nitrogen and oxygen atoms in total. The van der Waals surface area contributed by atoms with Crippen molar-refractivity contribution in [3.8, 4) is 0 Å². The van der Waals surface area contributed by atoms with Crippen LogP contribution in [0.15, 0.2) is 17.4 Å². The molecule has 0 fully saturated rings. The quantitative estimate of drug-likeness (QED) is 0.331. The molecule has 0 atom stereocenters. The van der Waals surface area contributed by atoms with Gasteiger partial charge in [-0.3, -0.25) is 9.67 Å². The first-order chi connectivity index (χ1) is 8.26. The monoisotopic (exact) mass is 367 g/mol. The standard InChI is InChI=1S/C11H21N5O.HI/c1-12-11(14-6-7-17-3)13-5-4-10-8-15-16(2)9-10;/h8-9H,4-7H2,1-3H3,(H2,12,13,14);1H. The summed E-state index contributed by atoms with van der Waals surface area (Å²) in [6.07, 6.45) is 4.82. The van der Waals surface area contributed by atoms with E-state index >= 15 is 0 Å². The minimum absolute atomic E-state index is 0. The molecule has 104 valence electrons. The van der Waals surface area contributed by atoms with Gasteiger partial charge in [-0.15, -0.1) is 24.0 Å². The number of hydrogen-bond acceptors (Lipinski definition) is 3. The molecule has 2 N–H and O–H groups in total. The van der Waals surface area contributed by atoms with Crippen LogP contribution in [0, 0.1) is 0 Å². The van der Waals surface area contributed by atoms with Gasteiger partial charge in [0.2, 0.25) is 0 Å². The van der Waals surface area contributed by atoms with Gasteiger partial charge in [-0.1, -0.05) is 0 Å². The van der Waals surface area contributed by atoms with Crippen molar-refractivity contribution in [2.45, 2.75) is 6.42 Å². The number of halogens is 1. The molecule has 0 spiro atoms. The predicted molar refractivity (Wildman–Crippen MR) is 83.6 cm³/mol. The normalized spacial score (nSPS) is 10.9. The Morgan fingerprint density at radius 2 is 2.17 bits per heavy atom. The van der Waals surface area contributed by atoms with Crippen LogP contribution in [0.2, 0.25) is 0 Å². The highest BCUT2D eigenvalue weighted by molar-refractivity contribution is 14.0. The van der Waals surface area contributed by atoms with Gasteiger partial charge in [-0.2, -0.15) is 5.10 Å². The smallest absolute Gasteiger partial charge is 0.191 e. The summed E-state index contributed by atoms with van der Waals surface area (Å²) in [6.45, 7) is 2.25. The lowest BCUT2D eigenvalue weighted by molar-refractivity contribution is 0.203. The summed E-state index contributed by atoms with van der Waals surface area (Å²) in [7, 11) is 5.36. The molecule has 1 aromatic heterocycles. The molecule has 1 rings (SSSR count). The lowest BCUT2D eigenvalue weighted by Gasteiger charge is -2.10. The van der Waals surface area contributed by atoms with E-state index in [-0.39, 0.29) is 24.0 Å². The molecule has 7 heteroatoms. The van der Waals surface area contributed by atoms with Crippen LogP contribution in [0.5, 0.6) is 0 Å². The molecule has 0 aliphatic carbocycles. The van der Waals surface area contributed by atoms with Gasteiger partial charge < -0.3 is 15.4 Å². The Bertz CT molecular complexity index is 353. The number of nitrogens with zero attached hydrogens (tertiary/aromatic N) is 3. The molecule has 18 heavy (non-hydrogen) atoms. The second-order valence-electron chi connectivity index (χ2n) is 3.69. The van der Waals surface area contributed by atoms with Crippen LogP contribution >= 0.6 is 24.0 Å². The summed E-state index contributed by atoms with van der Waals surface area (Å²) < 4.78 is 6.76. The Labute approximate surface area is 125 Å². The summed E-state index contributed by atoms with van der Waals surface area (Å²) in [5, 5.41) is 10.5. The van der Waals surface area contributed by atoms with Gasteiger partial charge in [0.1, 0.15) is 0 Å². The number of nitrogens with one attached hydrogen (secondary N) is 2. The van der Waals surface area contributed by atoms with Gasteiger partial charge in [0.15, 0.2) is 5.96 Å². The van der Waals surface area contributed by atoms with Crippen LogP contribution in [0.25, 0.3) is 0 Å². The Hall–Kier alpha value is -0.830. The molecule has 1 aromatic rings. The van der Waals surface area contributed by atoms with Crippen LogP contribution < -0.4 is 10.6 Å². The highest BCUT2D eigenvalue weighted by Gasteiger charge is 1.98. The van der Waals surface area contributed by atoms with E-state index in [2.05, 4.69) is 20.7 Å². The zero-order valence-corrected chi connectivity index (χ0v) is 13.5. The average molecular weight is 367 g/mol. The number of hydrogen-bond donors (Lipinski definition) is 2. The lowest BCUT2D eigenvalue weighted by atomic mass is 10.2. The first-order valence-corrected chi connectivity index (χ1v) is 5.67. The highest BCUT2D eigenvalue weighted by Crippen LogP contribution is 1.95. The van der Waals surface area contributed by atoms with Crippen molar-refractivity contribution in [3.63, 3.8) is 0 Å². The molecule has 0 radical (unpaired) electrons. The molecule has 1 heterocycles. The van der Waals surface area contributed by atoms with Gasteiger partial charge in [0.05, 0.1) is 12.8 Å². The summed E-state index contributed by atoms with van der Waals surface area (Å²) in [6, 6.07) is 0. The number of aryl methyl sites for hydroxylation is 1. The minimum atomic E-state index is 0. The molecule has 0 unspecified atom stereocenters. The Kier molecular flexibility index (Phi) is 9.66. The highest BCUT2D eigenvalue weighted by atomic mass is 127.